The maximum atomic E-state index is 12.2. The lowest BCUT2D eigenvalue weighted by atomic mass is 10.0. The van der Waals surface area contributed by atoms with Gasteiger partial charge in [0, 0.05) is 16.1 Å². The minimum atomic E-state index is -0.548. The highest BCUT2D eigenvalue weighted by molar-refractivity contribution is 9.10. The number of ether oxygens (including phenoxy) is 2. The minimum Gasteiger partial charge on any atom is -0.469 e. The zero-order valence-electron chi connectivity index (χ0n) is 15.3. The Bertz CT molecular complexity index is 785. The zero-order valence-corrected chi connectivity index (χ0v) is 17.9. The fourth-order valence-corrected chi connectivity index (χ4v) is 3.90. The highest BCUT2D eigenvalue weighted by Gasteiger charge is 2.23. The number of carbonyl (C=O) groups is 2. The van der Waals surface area contributed by atoms with E-state index in [1.54, 1.807) is 0 Å². The van der Waals surface area contributed by atoms with E-state index in [1.165, 1.54) is 7.11 Å². The molecule has 26 heavy (non-hydrogen) atoms. The molecule has 1 heterocycles. The van der Waals surface area contributed by atoms with Crippen molar-refractivity contribution < 1.29 is 19.1 Å². The second-order valence-electron chi connectivity index (χ2n) is 6.91. The van der Waals surface area contributed by atoms with Crippen LogP contribution < -0.4 is 4.98 Å². The van der Waals surface area contributed by atoms with Gasteiger partial charge < -0.3 is 19.4 Å². The standard InChI is InChI=1S/C18H23BrN2O4Si/c1-18(2,3)25-17(23)21-26-10-12(16(22)24-4)8-11-9-20-15-13(11)6-5-7-14(15)19/h5-7,9,12,20H,8,10H2,1-4H3,(H,21,23)/t12-/m1/s1. The predicted octanol–water partition coefficient (Wildman–Crippen LogP) is 3.82. The molecule has 0 fully saturated rings. The third-order valence-electron chi connectivity index (χ3n) is 3.69. The molecule has 0 aliphatic rings. The molecule has 0 aliphatic heterocycles. The number of halogens is 1. The Kier molecular flexibility index (Phi) is 6.88. The number of nitrogens with one attached hydrogen (secondary N) is 2. The van der Waals surface area contributed by atoms with E-state index in [9.17, 15) is 9.59 Å². The van der Waals surface area contributed by atoms with E-state index in [0.29, 0.717) is 12.5 Å². The number of carbonyl (C=O) groups excluding carboxylic acids is 2. The van der Waals surface area contributed by atoms with Crippen LogP contribution in [0.5, 0.6) is 0 Å². The molecule has 2 rings (SSSR count). The Morgan fingerprint density at radius 2 is 2.08 bits per heavy atom. The van der Waals surface area contributed by atoms with E-state index < -0.39 is 11.7 Å². The number of para-hydroxylation sites is 1. The van der Waals surface area contributed by atoms with Gasteiger partial charge in [-0.25, -0.2) is 4.79 Å². The Morgan fingerprint density at radius 1 is 1.35 bits per heavy atom. The van der Waals surface area contributed by atoms with Crippen molar-refractivity contribution in [2.24, 2.45) is 5.92 Å². The van der Waals surface area contributed by atoms with Gasteiger partial charge in [0.15, 0.2) is 9.68 Å². The molecule has 2 aromatic rings. The summed E-state index contributed by atoms with van der Waals surface area (Å²) < 4.78 is 11.1. The van der Waals surface area contributed by atoms with E-state index in [0.717, 1.165) is 20.9 Å². The molecular formula is C18H23BrN2O4Si. The molecule has 6 nitrogen and oxygen atoms in total. The number of rotatable bonds is 6. The molecule has 0 saturated heterocycles. The van der Waals surface area contributed by atoms with Crippen LogP contribution in [-0.2, 0) is 20.7 Å². The molecule has 8 heteroatoms. The third kappa shape index (κ3) is 5.60. The number of methoxy groups -OCH3 is 1. The summed E-state index contributed by atoms with van der Waals surface area (Å²) in [5.41, 5.74) is 1.49. The van der Waals surface area contributed by atoms with Gasteiger partial charge in [0.1, 0.15) is 5.60 Å². The summed E-state index contributed by atoms with van der Waals surface area (Å²) in [6.45, 7) is 5.42. The first kappa shape index (κ1) is 20.5. The lowest BCUT2D eigenvalue weighted by Gasteiger charge is -2.20. The molecule has 0 saturated carbocycles. The molecule has 1 amide bonds. The van der Waals surface area contributed by atoms with Crippen molar-refractivity contribution in [2.45, 2.75) is 38.8 Å². The second kappa shape index (κ2) is 8.72. The summed E-state index contributed by atoms with van der Waals surface area (Å²) in [7, 11) is 1.45. The summed E-state index contributed by atoms with van der Waals surface area (Å²) in [5.74, 6) is -0.626. The Balaban J connectivity index is 2.02. The fraction of sp³-hybridized carbons (Fsp3) is 0.444. The van der Waals surface area contributed by atoms with Crippen LogP contribution >= 0.6 is 15.9 Å². The predicted molar refractivity (Wildman–Crippen MR) is 105 cm³/mol. The topological polar surface area (TPSA) is 80.4 Å². The normalized spacial score (nSPS) is 12.7. The van der Waals surface area contributed by atoms with Crippen molar-refractivity contribution in [1.82, 2.24) is 9.97 Å². The van der Waals surface area contributed by atoms with E-state index in [-0.39, 0.29) is 21.6 Å². The van der Waals surface area contributed by atoms with Gasteiger partial charge in [0.05, 0.1) is 18.5 Å². The molecule has 1 aromatic heterocycles. The van der Waals surface area contributed by atoms with Crippen LogP contribution in [0.4, 0.5) is 4.79 Å². The van der Waals surface area contributed by atoms with Crippen molar-refractivity contribution in [3.05, 3.63) is 34.4 Å². The highest BCUT2D eigenvalue weighted by Crippen LogP contribution is 2.28. The van der Waals surface area contributed by atoms with Gasteiger partial charge in [0.2, 0.25) is 0 Å². The van der Waals surface area contributed by atoms with Crippen molar-refractivity contribution >= 4 is 48.6 Å². The largest absolute Gasteiger partial charge is 0.469 e. The van der Waals surface area contributed by atoms with Crippen molar-refractivity contribution in [2.75, 3.05) is 7.11 Å². The molecule has 1 aromatic carbocycles. The number of aromatic amines is 1. The van der Waals surface area contributed by atoms with Crippen LogP contribution in [0, 0.1) is 5.92 Å². The molecule has 0 unspecified atom stereocenters. The molecule has 0 aliphatic carbocycles. The maximum absolute atomic E-state index is 12.2. The molecule has 0 spiro atoms. The van der Waals surface area contributed by atoms with E-state index in [4.69, 9.17) is 9.47 Å². The van der Waals surface area contributed by atoms with Crippen LogP contribution in [0.15, 0.2) is 28.9 Å². The summed E-state index contributed by atoms with van der Waals surface area (Å²) in [6, 6.07) is 6.43. The van der Waals surface area contributed by atoms with E-state index >= 15 is 0 Å². The lowest BCUT2D eigenvalue weighted by Crippen LogP contribution is -2.36. The first-order valence-corrected chi connectivity index (χ1v) is 10.3. The minimum absolute atomic E-state index is 0.0656. The van der Waals surface area contributed by atoms with Crippen molar-refractivity contribution in [1.29, 1.82) is 0 Å². The average Bonchev–Trinajstić information content (AvgIpc) is 2.96. The summed E-state index contributed by atoms with van der Waals surface area (Å²) in [6.07, 6.45) is 1.97. The van der Waals surface area contributed by atoms with Gasteiger partial charge >= 0.3 is 12.1 Å². The fourth-order valence-electron chi connectivity index (χ4n) is 2.57. The summed E-state index contributed by atoms with van der Waals surface area (Å²) in [4.78, 5) is 29.9. The van der Waals surface area contributed by atoms with Gasteiger partial charge in [-0.1, -0.05) is 12.1 Å². The van der Waals surface area contributed by atoms with Crippen molar-refractivity contribution in [3.8, 4) is 0 Å². The second-order valence-corrected chi connectivity index (χ2v) is 8.77. The molecule has 2 N–H and O–H groups in total. The number of hydrogen-bond donors (Lipinski definition) is 2. The maximum Gasteiger partial charge on any atom is 0.399 e. The number of benzene rings is 1. The zero-order chi connectivity index (χ0) is 19.3. The molecular weight excluding hydrogens is 416 g/mol. The number of hydrogen-bond acceptors (Lipinski definition) is 4. The number of H-pyrrole nitrogens is 1. The van der Waals surface area contributed by atoms with E-state index in [2.05, 4.69) is 25.9 Å². The summed E-state index contributed by atoms with van der Waals surface area (Å²) >= 11 is 3.52. The van der Waals surface area contributed by atoms with Gasteiger partial charge in [-0.05, 0) is 60.8 Å². The van der Waals surface area contributed by atoms with Crippen LogP contribution in [0.2, 0.25) is 6.04 Å². The number of fused-ring (bicyclic) bond motifs is 1. The Labute approximate surface area is 164 Å². The monoisotopic (exact) mass is 438 g/mol. The summed E-state index contributed by atoms with van der Waals surface area (Å²) in [5, 5.41) is 1.07. The SMILES string of the molecule is COC(=O)[C@@H](C[Si]NC(=O)OC(C)(C)C)Cc1c[nH]c2c(Br)cccc12. The first-order valence-electron chi connectivity index (χ1n) is 8.25. The third-order valence-corrected chi connectivity index (χ3v) is 5.43. The quantitative estimate of drug-likeness (QED) is 0.530. The van der Waals surface area contributed by atoms with Gasteiger partial charge in [0.25, 0.3) is 0 Å². The van der Waals surface area contributed by atoms with Crippen LogP contribution in [0.1, 0.15) is 26.3 Å². The Hall–Kier alpha value is -1.80. The van der Waals surface area contributed by atoms with Crippen LogP contribution in [0.3, 0.4) is 0 Å². The van der Waals surface area contributed by atoms with E-state index in [1.807, 2.05) is 45.2 Å². The smallest absolute Gasteiger partial charge is 0.399 e. The number of esters is 1. The van der Waals surface area contributed by atoms with Crippen LogP contribution in [0.25, 0.3) is 10.9 Å². The van der Waals surface area contributed by atoms with Gasteiger partial charge in [-0.2, -0.15) is 0 Å². The van der Waals surface area contributed by atoms with Crippen molar-refractivity contribution in [3.63, 3.8) is 0 Å². The number of aromatic nitrogens is 1. The molecule has 1 atom stereocenters. The Morgan fingerprint density at radius 3 is 2.73 bits per heavy atom. The number of amides is 1. The first-order chi connectivity index (χ1) is 12.2. The lowest BCUT2D eigenvalue weighted by molar-refractivity contribution is -0.144. The van der Waals surface area contributed by atoms with Gasteiger partial charge in [-0.15, -0.1) is 0 Å². The highest BCUT2D eigenvalue weighted by atomic mass is 79.9. The molecule has 140 valence electrons. The average molecular weight is 439 g/mol. The van der Waals surface area contributed by atoms with Crippen LogP contribution in [-0.4, -0.2) is 39.4 Å². The molecule has 0 bridgehead atoms. The molecule has 2 radical (unpaired) electrons. The van der Waals surface area contributed by atoms with Gasteiger partial charge in [-0.3, -0.25) is 4.79 Å².